The molecular formula is C25H35N3O3S. The molecule has 6 nitrogen and oxygen atoms in total. The summed E-state index contributed by atoms with van der Waals surface area (Å²) in [7, 11) is -3.46. The van der Waals surface area contributed by atoms with Crippen molar-refractivity contribution in [3.05, 3.63) is 65.2 Å². The predicted molar refractivity (Wildman–Crippen MR) is 130 cm³/mol. The Kier molecular flexibility index (Phi) is 8.32. The molecule has 174 valence electrons. The standard InChI is InChI=1S/C25H35N3O3S/c1-20-5-7-22(8-6-20)19-28(32(3,30)31)24-11-9-23(10-12-24)25(29)26-15-4-16-27-17-13-21(2)14-18-27/h5-12,21H,4,13-19H2,1-3H3,(H,26,29). The summed E-state index contributed by atoms with van der Waals surface area (Å²) in [5.41, 5.74) is 3.11. The van der Waals surface area contributed by atoms with Gasteiger partial charge in [0.15, 0.2) is 0 Å². The number of carbonyl (C=O) groups is 1. The molecule has 0 bridgehead atoms. The molecule has 1 aliphatic heterocycles. The number of hydrogen-bond acceptors (Lipinski definition) is 4. The minimum Gasteiger partial charge on any atom is -0.352 e. The minimum atomic E-state index is -3.46. The molecule has 0 unspecified atom stereocenters. The summed E-state index contributed by atoms with van der Waals surface area (Å²) in [4.78, 5) is 15.0. The van der Waals surface area contributed by atoms with Crippen molar-refractivity contribution < 1.29 is 13.2 Å². The van der Waals surface area contributed by atoms with Crippen molar-refractivity contribution in [2.75, 3.05) is 36.7 Å². The van der Waals surface area contributed by atoms with Crippen LogP contribution in [0.3, 0.4) is 0 Å². The monoisotopic (exact) mass is 457 g/mol. The lowest BCUT2D eigenvalue weighted by molar-refractivity contribution is 0.0950. The van der Waals surface area contributed by atoms with Gasteiger partial charge >= 0.3 is 0 Å². The van der Waals surface area contributed by atoms with E-state index in [9.17, 15) is 13.2 Å². The van der Waals surface area contributed by atoms with Gasteiger partial charge in [0.05, 0.1) is 18.5 Å². The maximum atomic E-state index is 12.5. The fourth-order valence-electron chi connectivity index (χ4n) is 3.93. The number of nitrogens with zero attached hydrogens (tertiary/aromatic N) is 2. The number of hydrogen-bond donors (Lipinski definition) is 1. The Morgan fingerprint density at radius 3 is 2.28 bits per heavy atom. The molecule has 32 heavy (non-hydrogen) atoms. The predicted octanol–water partition coefficient (Wildman–Crippen LogP) is 3.81. The zero-order valence-corrected chi connectivity index (χ0v) is 20.2. The Morgan fingerprint density at radius 1 is 1.06 bits per heavy atom. The summed E-state index contributed by atoms with van der Waals surface area (Å²) in [6, 6.07) is 14.6. The van der Waals surface area contributed by atoms with Gasteiger partial charge < -0.3 is 10.2 Å². The van der Waals surface area contributed by atoms with Gasteiger partial charge in [-0.05, 0) is 81.6 Å². The van der Waals surface area contributed by atoms with Crippen LogP contribution in [-0.4, -0.2) is 51.7 Å². The highest BCUT2D eigenvalue weighted by Gasteiger charge is 2.19. The van der Waals surface area contributed by atoms with Crippen LogP contribution in [0.5, 0.6) is 0 Å². The van der Waals surface area contributed by atoms with Crippen LogP contribution < -0.4 is 9.62 Å². The van der Waals surface area contributed by atoms with E-state index in [4.69, 9.17) is 0 Å². The van der Waals surface area contributed by atoms with Gasteiger partial charge in [-0.25, -0.2) is 8.42 Å². The van der Waals surface area contributed by atoms with Crippen LogP contribution in [0.2, 0.25) is 0 Å². The average molecular weight is 458 g/mol. The average Bonchev–Trinajstić information content (AvgIpc) is 2.77. The first-order chi connectivity index (χ1) is 15.2. The number of nitrogens with one attached hydrogen (secondary N) is 1. The minimum absolute atomic E-state index is 0.131. The van der Waals surface area contributed by atoms with E-state index >= 15 is 0 Å². The first kappa shape index (κ1) is 24.3. The molecule has 0 spiro atoms. The van der Waals surface area contributed by atoms with E-state index in [1.165, 1.54) is 23.4 Å². The van der Waals surface area contributed by atoms with Crippen LogP contribution >= 0.6 is 0 Å². The molecule has 0 aliphatic carbocycles. The molecular weight excluding hydrogens is 422 g/mol. The molecule has 0 saturated carbocycles. The van der Waals surface area contributed by atoms with Crippen LogP contribution in [0.1, 0.15) is 47.7 Å². The van der Waals surface area contributed by atoms with Crippen LogP contribution in [0.25, 0.3) is 0 Å². The molecule has 1 N–H and O–H groups in total. The molecule has 1 saturated heterocycles. The van der Waals surface area contributed by atoms with Gasteiger partial charge in [-0.2, -0.15) is 0 Å². The van der Waals surface area contributed by atoms with E-state index in [-0.39, 0.29) is 12.5 Å². The second-order valence-electron chi connectivity index (χ2n) is 8.94. The molecule has 1 amide bonds. The van der Waals surface area contributed by atoms with Crippen molar-refractivity contribution in [1.29, 1.82) is 0 Å². The summed E-state index contributed by atoms with van der Waals surface area (Å²) in [5.74, 6) is 0.692. The first-order valence-electron chi connectivity index (χ1n) is 11.4. The Bertz CT molecular complexity index is 980. The molecule has 1 aliphatic rings. The van der Waals surface area contributed by atoms with Gasteiger partial charge in [0.25, 0.3) is 5.91 Å². The molecule has 2 aromatic rings. The van der Waals surface area contributed by atoms with E-state index in [1.54, 1.807) is 24.3 Å². The van der Waals surface area contributed by atoms with Crippen molar-refractivity contribution in [3.8, 4) is 0 Å². The fraction of sp³-hybridized carbons (Fsp3) is 0.480. The number of rotatable bonds is 9. The van der Waals surface area contributed by atoms with E-state index in [1.807, 2.05) is 31.2 Å². The Hall–Kier alpha value is -2.38. The van der Waals surface area contributed by atoms with Gasteiger partial charge in [0.2, 0.25) is 10.0 Å². The van der Waals surface area contributed by atoms with E-state index in [0.717, 1.165) is 43.1 Å². The highest BCUT2D eigenvalue weighted by atomic mass is 32.2. The summed E-state index contributed by atoms with van der Waals surface area (Å²) in [6.07, 6.45) is 4.64. The second kappa shape index (κ2) is 11.0. The topological polar surface area (TPSA) is 69.7 Å². The van der Waals surface area contributed by atoms with Gasteiger partial charge in [-0.1, -0.05) is 36.8 Å². The third-order valence-corrected chi connectivity index (χ3v) is 7.22. The number of aryl methyl sites for hydroxylation is 1. The summed E-state index contributed by atoms with van der Waals surface area (Å²) < 4.78 is 26.1. The van der Waals surface area contributed by atoms with Crippen molar-refractivity contribution >= 4 is 21.6 Å². The highest BCUT2D eigenvalue weighted by molar-refractivity contribution is 7.92. The van der Waals surface area contributed by atoms with Gasteiger partial charge in [0, 0.05) is 12.1 Å². The lowest BCUT2D eigenvalue weighted by Crippen LogP contribution is -2.35. The summed E-state index contributed by atoms with van der Waals surface area (Å²) in [5, 5.41) is 2.97. The number of likely N-dealkylation sites (tertiary alicyclic amines) is 1. The number of sulfonamides is 1. The van der Waals surface area contributed by atoms with E-state index in [0.29, 0.717) is 17.8 Å². The van der Waals surface area contributed by atoms with E-state index in [2.05, 4.69) is 17.1 Å². The zero-order valence-electron chi connectivity index (χ0n) is 19.4. The van der Waals surface area contributed by atoms with Crippen LogP contribution in [0.4, 0.5) is 5.69 Å². The van der Waals surface area contributed by atoms with Crippen molar-refractivity contribution in [2.24, 2.45) is 5.92 Å². The highest BCUT2D eigenvalue weighted by Crippen LogP contribution is 2.21. The molecule has 1 heterocycles. The molecule has 3 rings (SSSR count). The Morgan fingerprint density at radius 2 is 1.69 bits per heavy atom. The molecule has 1 fully saturated rings. The third-order valence-electron chi connectivity index (χ3n) is 6.08. The quantitative estimate of drug-likeness (QED) is 0.582. The van der Waals surface area contributed by atoms with Crippen molar-refractivity contribution in [2.45, 2.75) is 39.7 Å². The lowest BCUT2D eigenvalue weighted by Gasteiger charge is -2.30. The van der Waals surface area contributed by atoms with E-state index < -0.39 is 10.0 Å². The van der Waals surface area contributed by atoms with Crippen molar-refractivity contribution in [3.63, 3.8) is 0 Å². The number of amides is 1. The maximum absolute atomic E-state index is 12.5. The number of piperidine rings is 1. The second-order valence-corrected chi connectivity index (χ2v) is 10.8. The number of carbonyl (C=O) groups excluding carboxylic acids is 1. The third kappa shape index (κ3) is 7.07. The summed E-state index contributed by atoms with van der Waals surface area (Å²) >= 11 is 0. The Balaban J connectivity index is 1.54. The Labute approximate surface area is 192 Å². The maximum Gasteiger partial charge on any atom is 0.251 e. The van der Waals surface area contributed by atoms with Crippen molar-refractivity contribution in [1.82, 2.24) is 10.2 Å². The molecule has 2 aromatic carbocycles. The van der Waals surface area contributed by atoms with Crippen LogP contribution in [-0.2, 0) is 16.6 Å². The number of anilines is 1. The first-order valence-corrected chi connectivity index (χ1v) is 13.2. The number of benzene rings is 2. The van der Waals surface area contributed by atoms with Gasteiger partial charge in [-0.3, -0.25) is 9.10 Å². The zero-order chi connectivity index (χ0) is 23.1. The van der Waals surface area contributed by atoms with Gasteiger partial charge in [-0.15, -0.1) is 0 Å². The lowest BCUT2D eigenvalue weighted by atomic mass is 9.99. The fourth-order valence-corrected chi connectivity index (χ4v) is 4.82. The van der Waals surface area contributed by atoms with Crippen LogP contribution in [0, 0.1) is 12.8 Å². The van der Waals surface area contributed by atoms with Gasteiger partial charge in [0.1, 0.15) is 0 Å². The normalized spacial score (nSPS) is 15.5. The molecule has 0 radical (unpaired) electrons. The smallest absolute Gasteiger partial charge is 0.251 e. The molecule has 7 heteroatoms. The van der Waals surface area contributed by atoms with Crippen LogP contribution in [0.15, 0.2) is 48.5 Å². The largest absolute Gasteiger partial charge is 0.352 e. The molecule has 0 aromatic heterocycles. The summed E-state index contributed by atoms with van der Waals surface area (Å²) in [6.45, 7) is 8.49. The molecule has 0 atom stereocenters. The SMILES string of the molecule is Cc1ccc(CN(c2ccc(C(=O)NCCCN3CCC(C)CC3)cc2)S(C)(=O)=O)cc1.